The maximum Gasteiger partial charge on any atom is 0.322 e. The van der Waals surface area contributed by atoms with Crippen molar-refractivity contribution in [1.29, 1.82) is 0 Å². The summed E-state index contributed by atoms with van der Waals surface area (Å²) in [5.74, 6) is 0.393. The van der Waals surface area contributed by atoms with Crippen molar-refractivity contribution in [2.45, 2.75) is 12.5 Å². The summed E-state index contributed by atoms with van der Waals surface area (Å²) in [5.41, 5.74) is 5.47. The zero-order valence-electron chi connectivity index (χ0n) is 8.73. The third-order valence-corrected chi connectivity index (χ3v) is 2.13. The zero-order chi connectivity index (χ0) is 11.5. The summed E-state index contributed by atoms with van der Waals surface area (Å²) in [6.45, 7) is 0.548. The van der Waals surface area contributed by atoms with Gasteiger partial charge in [0.05, 0.1) is 13.2 Å². The van der Waals surface area contributed by atoms with Gasteiger partial charge >= 0.3 is 6.01 Å². The van der Waals surface area contributed by atoms with Crippen LogP contribution in [0.2, 0.25) is 0 Å². The van der Waals surface area contributed by atoms with E-state index < -0.39 is 0 Å². The number of nitrogen functional groups attached to an aromatic ring is 1. The summed E-state index contributed by atoms with van der Waals surface area (Å²) in [5, 5.41) is 5.68. The number of ether oxygens (including phenoxy) is 1. The fourth-order valence-electron chi connectivity index (χ4n) is 1.42. The first-order valence-electron chi connectivity index (χ1n) is 4.76. The Kier molecular flexibility index (Phi) is 2.71. The molecule has 0 bridgehead atoms. The van der Waals surface area contributed by atoms with E-state index in [0.29, 0.717) is 18.9 Å². The summed E-state index contributed by atoms with van der Waals surface area (Å²) < 4.78 is 4.86. The van der Waals surface area contributed by atoms with Crippen LogP contribution >= 0.6 is 0 Å². The number of hydrogen-bond acceptors (Lipinski definition) is 7. The molecule has 1 aliphatic rings. The molecule has 4 N–H and O–H groups in total. The average molecular weight is 224 g/mol. The van der Waals surface area contributed by atoms with Crippen LogP contribution < -0.4 is 21.1 Å². The van der Waals surface area contributed by atoms with Gasteiger partial charge in [0, 0.05) is 13.0 Å². The fourth-order valence-corrected chi connectivity index (χ4v) is 1.42. The second-order valence-corrected chi connectivity index (χ2v) is 3.35. The lowest BCUT2D eigenvalue weighted by molar-refractivity contribution is -0.119. The first-order chi connectivity index (χ1) is 7.67. The molecule has 1 saturated heterocycles. The number of anilines is 2. The highest BCUT2D eigenvalue weighted by molar-refractivity contribution is 5.79. The number of hydrogen-bond donors (Lipinski definition) is 3. The zero-order valence-corrected chi connectivity index (χ0v) is 8.73. The van der Waals surface area contributed by atoms with Crippen LogP contribution in [0.4, 0.5) is 11.9 Å². The van der Waals surface area contributed by atoms with E-state index in [4.69, 9.17) is 10.5 Å². The van der Waals surface area contributed by atoms with Crippen molar-refractivity contribution in [3.63, 3.8) is 0 Å². The molecule has 1 aromatic heterocycles. The number of carbonyl (C=O) groups is 1. The lowest BCUT2D eigenvalue weighted by atomic mass is 10.3. The van der Waals surface area contributed by atoms with Gasteiger partial charge in [0.2, 0.25) is 17.8 Å². The standard InChI is InChI=1S/C8H12N6O2/c1-16-8-13-6(9)12-7(14-8)11-4-2-5(15)10-3-4/h4H,2-3H2,1H3,(H,10,15)(H3,9,11,12,13,14). The van der Waals surface area contributed by atoms with Gasteiger partial charge in [-0.1, -0.05) is 0 Å². The first-order valence-corrected chi connectivity index (χ1v) is 4.76. The Hall–Kier alpha value is -2.12. The van der Waals surface area contributed by atoms with E-state index in [0.717, 1.165) is 0 Å². The lowest BCUT2D eigenvalue weighted by Gasteiger charge is -2.10. The van der Waals surface area contributed by atoms with Crippen LogP contribution in [0.25, 0.3) is 0 Å². The summed E-state index contributed by atoms with van der Waals surface area (Å²) >= 11 is 0. The molecule has 1 atom stereocenters. The summed E-state index contributed by atoms with van der Waals surface area (Å²) in [6, 6.07) is 0.117. The SMILES string of the molecule is COc1nc(N)nc(NC2CNC(=O)C2)n1. The number of carbonyl (C=O) groups excluding carboxylic acids is 1. The van der Waals surface area contributed by atoms with E-state index in [1.54, 1.807) is 0 Å². The molecule has 1 aromatic rings. The van der Waals surface area contributed by atoms with Crippen LogP contribution in [-0.4, -0.2) is 40.6 Å². The third kappa shape index (κ3) is 2.27. The first kappa shape index (κ1) is 10.4. The fraction of sp³-hybridized carbons (Fsp3) is 0.500. The molecule has 1 fully saturated rings. The number of amides is 1. The van der Waals surface area contributed by atoms with Gasteiger partial charge in [0.1, 0.15) is 0 Å². The molecule has 0 aromatic carbocycles. The Morgan fingerprint density at radius 2 is 2.31 bits per heavy atom. The van der Waals surface area contributed by atoms with E-state index in [1.165, 1.54) is 7.11 Å². The minimum atomic E-state index is -0.0287. The topological polar surface area (TPSA) is 115 Å². The average Bonchev–Trinajstić information content (AvgIpc) is 2.63. The molecule has 16 heavy (non-hydrogen) atoms. The van der Waals surface area contributed by atoms with Crippen molar-refractivity contribution in [1.82, 2.24) is 20.3 Å². The normalized spacial score (nSPS) is 19.3. The molecule has 0 radical (unpaired) electrons. The van der Waals surface area contributed by atoms with Gasteiger partial charge in [0.15, 0.2) is 0 Å². The Labute approximate surface area is 91.6 Å². The molecule has 8 nitrogen and oxygen atoms in total. The van der Waals surface area contributed by atoms with Crippen LogP contribution in [0.1, 0.15) is 6.42 Å². The predicted molar refractivity (Wildman–Crippen MR) is 55.8 cm³/mol. The van der Waals surface area contributed by atoms with Gasteiger partial charge in [-0.2, -0.15) is 15.0 Å². The van der Waals surface area contributed by atoms with Gasteiger partial charge in [0.25, 0.3) is 0 Å². The van der Waals surface area contributed by atoms with Crippen LogP contribution in [0.5, 0.6) is 6.01 Å². The lowest BCUT2D eigenvalue weighted by Crippen LogP contribution is -2.24. The highest BCUT2D eigenvalue weighted by Gasteiger charge is 2.22. The van der Waals surface area contributed by atoms with Crippen LogP contribution in [0, 0.1) is 0 Å². The molecule has 0 saturated carbocycles. The van der Waals surface area contributed by atoms with Crippen molar-refractivity contribution < 1.29 is 9.53 Å². The molecule has 1 amide bonds. The van der Waals surface area contributed by atoms with E-state index in [-0.39, 0.29) is 23.9 Å². The molecule has 2 heterocycles. The van der Waals surface area contributed by atoms with Crippen molar-refractivity contribution in [3.8, 4) is 6.01 Å². The van der Waals surface area contributed by atoms with Crippen molar-refractivity contribution in [2.24, 2.45) is 0 Å². The van der Waals surface area contributed by atoms with Crippen molar-refractivity contribution in [2.75, 3.05) is 24.7 Å². The molecule has 8 heteroatoms. The maximum absolute atomic E-state index is 11.0. The second kappa shape index (κ2) is 4.17. The summed E-state index contributed by atoms with van der Waals surface area (Å²) in [7, 11) is 1.44. The van der Waals surface area contributed by atoms with Gasteiger partial charge in [-0.05, 0) is 0 Å². The monoisotopic (exact) mass is 224 g/mol. The Morgan fingerprint density at radius 1 is 1.50 bits per heavy atom. The number of nitrogens with one attached hydrogen (secondary N) is 2. The minimum absolute atomic E-state index is 0.00601. The number of rotatable bonds is 3. The number of nitrogens with two attached hydrogens (primary N) is 1. The van der Waals surface area contributed by atoms with Crippen molar-refractivity contribution >= 4 is 17.8 Å². The Morgan fingerprint density at radius 3 is 2.94 bits per heavy atom. The van der Waals surface area contributed by atoms with Crippen LogP contribution in [0.3, 0.4) is 0 Å². The minimum Gasteiger partial charge on any atom is -0.467 e. The van der Waals surface area contributed by atoms with E-state index in [2.05, 4.69) is 25.6 Å². The molecule has 1 aliphatic heterocycles. The quantitative estimate of drug-likeness (QED) is 0.588. The predicted octanol–water partition coefficient (Wildman–Crippen LogP) is -1.24. The summed E-state index contributed by atoms with van der Waals surface area (Å²) in [4.78, 5) is 22.6. The maximum atomic E-state index is 11.0. The van der Waals surface area contributed by atoms with E-state index >= 15 is 0 Å². The number of aromatic nitrogens is 3. The van der Waals surface area contributed by atoms with Crippen molar-refractivity contribution in [3.05, 3.63) is 0 Å². The molecular formula is C8H12N6O2. The van der Waals surface area contributed by atoms with Gasteiger partial charge < -0.3 is 21.1 Å². The molecule has 0 spiro atoms. The molecule has 86 valence electrons. The number of methoxy groups -OCH3 is 1. The van der Waals surface area contributed by atoms with E-state index in [9.17, 15) is 4.79 Å². The summed E-state index contributed by atoms with van der Waals surface area (Å²) in [6.07, 6.45) is 0.397. The molecular weight excluding hydrogens is 212 g/mol. The van der Waals surface area contributed by atoms with Crippen LogP contribution in [-0.2, 0) is 4.79 Å². The molecule has 2 rings (SSSR count). The molecule has 0 aliphatic carbocycles. The number of nitrogens with zero attached hydrogens (tertiary/aromatic N) is 3. The highest BCUT2D eigenvalue weighted by atomic mass is 16.5. The highest BCUT2D eigenvalue weighted by Crippen LogP contribution is 2.11. The third-order valence-electron chi connectivity index (χ3n) is 2.13. The Balaban J connectivity index is 2.08. The Bertz CT molecular complexity index is 410. The second-order valence-electron chi connectivity index (χ2n) is 3.35. The molecule has 1 unspecified atom stereocenters. The van der Waals surface area contributed by atoms with Gasteiger partial charge in [-0.15, -0.1) is 0 Å². The van der Waals surface area contributed by atoms with E-state index in [1.807, 2.05) is 0 Å². The largest absolute Gasteiger partial charge is 0.467 e. The van der Waals surface area contributed by atoms with Crippen LogP contribution in [0.15, 0.2) is 0 Å². The van der Waals surface area contributed by atoms with Gasteiger partial charge in [-0.25, -0.2) is 0 Å². The smallest absolute Gasteiger partial charge is 0.322 e. The van der Waals surface area contributed by atoms with Gasteiger partial charge in [-0.3, -0.25) is 4.79 Å².